The van der Waals surface area contributed by atoms with Gasteiger partial charge in [-0.1, -0.05) is 18.5 Å². The van der Waals surface area contributed by atoms with Crippen LogP contribution in [0.15, 0.2) is 0 Å². The number of halogens is 1. The summed E-state index contributed by atoms with van der Waals surface area (Å²) in [6.07, 6.45) is 0.313. The molecular weight excluding hydrogens is 250 g/mol. The van der Waals surface area contributed by atoms with E-state index < -0.39 is 5.54 Å². The van der Waals surface area contributed by atoms with E-state index in [1.165, 1.54) is 0 Å². The largest absolute Gasteiger partial charge is 0.306 e. The van der Waals surface area contributed by atoms with Crippen molar-refractivity contribution in [3.63, 3.8) is 0 Å². The number of ketones is 1. The molecule has 0 aliphatic rings. The van der Waals surface area contributed by atoms with Crippen molar-refractivity contribution in [3.8, 4) is 0 Å². The molecule has 4 nitrogen and oxygen atoms in total. The number of nitrogens with zero attached hydrogens (tertiary/aromatic N) is 2. The molecule has 1 N–H and O–H groups in total. The first-order valence-electron chi connectivity index (χ1n) is 6.33. The second-order valence-corrected chi connectivity index (χ2v) is 5.30. The van der Waals surface area contributed by atoms with E-state index in [9.17, 15) is 4.79 Å². The fraction of sp³-hybridized carbons (Fsp3) is 0.692. The third-order valence-electron chi connectivity index (χ3n) is 3.10. The quantitative estimate of drug-likeness (QED) is 0.864. The van der Waals surface area contributed by atoms with Crippen LogP contribution in [0.4, 0.5) is 0 Å². The highest BCUT2D eigenvalue weighted by molar-refractivity contribution is 6.32. The first-order chi connectivity index (χ1) is 8.33. The molecule has 5 heteroatoms. The van der Waals surface area contributed by atoms with E-state index in [1.54, 1.807) is 4.68 Å². The van der Waals surface area contributed by atoms with E-state index in [2.05, 4.69) is 10.4 Å². The van der Waals surface area contributed by atoms with Crippen molar-refractivity contribution in [2.24, 2.45) is 0 Å². The van der Waals surface area contributed by atoms with Crippen LogP contribution in [0.5, 0.6) is 0 Å². The molecule has 102 valence electrons. The highest BCUT2D eigenvalue weighted by Gasteiger charge is 2.28. The Morgan fingerprint density at radius 2 is 2.06 bits per heavy atom. The van der Waals surface area contributed by atoms with Crippen LogP contribution in [-0.4, -0.2) is 27.6 Å². The molecule has 0 spiro atoms. The second kappa shape index (κ2) is 5.85. The smallest absolute Gasteiger partial charge is 0.158 e. The van der Waals surface area contributed by atoms with Crippen LogP contribution in [0, 0.1) is 6.92 Å². The van der Waals surface area contributed by atoms with Crippen LogP contribution in [0.3, 0.4) is 0 Å². The molecule has 1 heterocycles. The first-order valence-corrected chi connectivity index (χ1v) is 6.71. The van der Waals surface area contributed by atoms with Crippen LogP contribution in [0.25, 0.3) is 0 Å². The van der Waals surface area contributed by atoms with Gasteiger partial charge in [0.2, 0.25) is 0 Å². The maximum Gasteiger partial charge on any atom is 0.158 e. The lowest BCUT2D eigenvalue weighted by Crippen LogP contribution is -2.47. The Bertz CT molecular complexity index is 438. The number of carbonyl (C=O) groups excluding carboxylic acids is 1. The van der Waals surface area contributed by atoms with Gasteiger partial charge in [-0.25, -0.2) is 0 Å². The molecule has 0 aliphatic heterocycles. The minimum Gasteiger partial charge on any atom is -0.306 e. The van der Waals surface area contributed by atoms with Crippen molar-refractivity contribution in [1.82, 2.24) is 15.1 Å². The van der Waals surface area contributed by atoms with Gasteiger partial charge < -0.3 is 5.32 Å². The topological polar surface area (TPSA) is 46.9 Å². The third-order valence-corrected chi connectivity index (χ3v) is 3.59. The summed E-state index contributed by atoms with van der Waals surface area (Å²) in [5.74, 6) is 0.126. The minimum atomic E-state index is -0.533. The van der Waals surface area contributed by atoms with E-state index in [0.29, 0.717) is 11.4 Å². The number of likely N-dealkylation sites (N-methyl/N-ethyl adjacent to an activating group) is 1. The highest BCUT2D eigenvalue weighted by Crippen LogP contribution is 2.22. The summed E-state index contributed by atoms with van der Waals surface area (Å²) in [7, 11) is 0. The summed E-state index contributed by atoms with van der Waals surface area (Å²) < 4.78 is 1.80. The van der Waals surface area contributed by atoms with E-state index >= 15 is 0 Å². The number of aryl methyl sites for hydroxylation is 2. The molecule has 0 atom stereocenters. The highest BCUT2D eigenvalue weighted by atomic mass is 35.5. The molecular formula is C13H22ClN3O. The Morgan fingerprint density at radius 3 is 2.56 bits per heavy atom. The van der Waals surface area contributed by atoms with Crippen molar-refractivity contribution in [3.05, 3.63) is 16.4 Å². The van der Waals surface area contributed by atoms with Gasteiger partial charge in [0.15, 0.2) is 5.78 Å². The average Bonchev–Trinajstić information content (AvgIpc) is 2.56. The van der Waals surface area contributed by atoms with Gasteiger partial charge in [-0.05, 0) is 34.2 Å². The average molecular weight is 272 g/mol. The van der Waals surface area contributed by atoms with Gasteiger partial charge in [-0.3, -0.25) is 9.48 Å². The third kappa shape index (κ3) is 3.12. The van der Waals surface area contributed by atoms with Gasteiger partial charge in [0.25, 0.3) is 0 Å². The molecule has 0 saturated heterocycles. The van der Waals surface area contributed by atoms with Crippen molar-refractivity contribution in [1.29, 1.82) is 0 Å². The van der Waals surface area contributed by atoms with Crippen molar-refractivity contribution < 1.29 is 4.79 Å². The van der Waals surface area contributed by atoms with Gasteiger partial charge in [0, 0.05) is 6.54 Å². The summed E-state index contributed by atoms with van der Waals surface area (Å²) in [5.41, 5.74) is 1.06. The van der Waals surface area contributed by atoms with Gasteiger partial charge in [-0.15, -0.1) is 0 Å². The minimum absolute atomic E-state index is 0.126. The van der Waals surface area contributed by atoms with E-state index in [0.717, 1.165) is 24.5 Å². The molecule has 0 bridgehead atoms. The monoisotopic (exact) mass is 271 g/mol. The lowest BCUT2D eigenvalue weighted by atomic mass is 9.95. The fourth-order valence-electron chi connectivity index (χ4n) is 1.95. The number of rotatable bonds is 6. The molecule has 0 unspecified atom stereocenters. The molecule has 1 rings (SSSR count). The van der Waals surface area contributed by atoms with E-state index in [4.69, 9.17) is 11.6 Å². The zero-order valence-corrected chi connectivity index (χ0v) is 12.6. The van der Waals surface area contributed by atoms with Gasteiger partial charge in [0.1, 0.15) is 0 Å². The number of Topliss-reactive ketones (excluding diaryl/α,β-unsaturated/α-hetero) is 1. The summed E-state index contributed by atoms with van der Waals surface area (Å²) in [4.78, 5) is 12.3. The molecule has 0 aliphatic carbocycles. The Morgan fingerprint density at radius 1 is 1.44 bits per heavy atom. The number of nitrogens with one attached hydrogen (secondary N) is 1. The van der Waals surface area contributed by atoms with Gasteiger partial charge in [0.05, 0.1) is 28.4 Å². The molecule has 0 saturated carbocycles. The SMILES string of the molecule is CCNC(C)(C)C(=O)Cc1c(Cl)c(C)nn1CC. The van der Waals surface area contributed by atoms with Crippen LogP contribution in [0.2, 0.25) is 5.02 Å². The zero-order chi connectivity index (χ0) is 13.9. The predicted molar refractivity (Wildman–Crippen MR) is 74.1 cm³/mol. The number of carbonyl (C=O) groups is 1. The Balaban J connectivity index is 2.94. The maximum atomic E-state index is 12.3. The maximum absolute atomic E-state index is 12.3. The van der Waals surface area contributed by atoms with Crippen LogP contribution < -0.4 is 5.32 Å². The van der Waals surface area contributed by atoms with Crippen molar-refractivity contribution in [2.45, 2.75) is 53.1 Å². The summed E-state index contributed by atoms with van der Waals surface area (Å²) >= 11 is 6.21. The van der Waals surface area contributed by atoms with Crippen LogP contribution in [-0.2, 0) is 17.8 Å². The molecule has 0 amide bonds. The first kappa shape index (κ1) is 15.2. The number of hydrogen-bond acceptors (Lipinski definition) is 3. The Hall–Kier alpha value is -0.870. The molecule has 0 radical (unpaired) electrons. The number of aromatic nitrogens is 2. The molecule has 1 aromatic rings. The van der Waals surface area contributed by atoms with Crippen LogP contribution >= 0.6 is 11.6 Å². The molecule has 0 aromatic carbocycles. The normalized spacial score (nSPS) is 11.9. The number of hydrogen-bond donors (Lipinski definition) is 1. The van der Waals surface area contributed by atoms with E-state index in [-0.39, 0.29) is 5.78 Å². The van der Waals surface area contributed by atoms with Gasteiger partial charge in [-0.2, -0.15) is 5.10 Å². The predicted octanol–water partition coefficient (Wildman–Crippen LogP) is 2.36. The summed E-state index contributed by atoms with van der Waals surface area (Å²) in [6, 6.07) is 0. The zero-order valence-electron chi connectivity index (χ0n) is 11.8. The lowest BCUT2D eigenvalue weighted by Gasteiger charge is -2.24. The molecule has 18 heavy (non-hydrogen) atoms. The van der Waals surface area contributed by atoms with Crippen molar-refractivity contribution >= 4 is 17.4 Å². The second-order valence-electron chi connectivity index (χ2n) is 4.92. The molecule has 1 aromatic heterocycles. The fourth-order valence-corrected chi connectivity index (χ4v) is 2.15. The van der Waals surface area contributed by atoms with Crippen molar-refractivity contribution in [2.75, 3.05) is 6.54 Å². The standard InChI is InChI=1S/C13H22ClN3O/c1-6-15-13(4,5)11(18)8-10-12(14)9(3)16-17(10)7-2/h15H,6-8H2,1-5H3. The van der Waals surface area contributed by atoms with Gasteiger partial charge >= 0.3 is 0 Å². The summed E-state index contributed by atoms with van der Waals surface area (Å²) in [5, 5.41) is 8.11. The van der Waals surface area contributed by atoms with Crippen LogP contribution in [0.1, 0.15) is 39.1 Å². The van der Waals surface area contributed by atoms with E-state index in [1.807, 2.05) is 34.6 Å². The lowest BCUT2D eigenvalue weighted by molar-refractivity contribution is -0.123. The Kier molecular flexibility index (Phi) is 4.93. The summed E-state index contributed by atoms with van der Waals surface area (Å²) in [6.45, 7) is 11.1. The Labute approximate surface area is 114 Å². The molecule has 0 fully saturated rings.